The predicted molar refractivity (Wildman–Crippen MR) is 75.5 cm³/mol. The number of thiophene rings is 1. The van der Waals surface area contributed by atoms with Crippen molar-refractivity contribution in [2.45, 2.75) is 6.29 Å². The van der Waals surface area contributed by atoms with Crippen LogP contribution in [0.2, 0.25) is 0 Å². The van der Waals surface area contributed by atoms with Crippen LogP contribution in [-0.2, 0) is 9.47 Å². The molecule has 0 aliphatic carbocycles. The number of nitro benzene ring substituents is 1. The van der Waals surface area contributed by atoms with E-state index in [2.05, 4.69) is 0 Å². The van der Waals surface area contributed by atoms with E-state index in [0.29, 0.717) is 23.7 Å². The fourth-order valence-corrected chi connectivity index (χ4v) is 3.00. The summed E-state index contributed by atoms with van der Waals surface area (Å²) in [7, 11) is 0. The Balaban J connectivity index is 1.84. The van der Waals surface area contributed by atoms with Crippen molar-refractivity contribution in [1.82, 2.24) is 0 Å². The average Bonchev–Trinajstić information content (AvgIpc) is 3.17. The maximum absolute atomic E-state index is 12.4. The highest BCUT2D eigenvalue weighted by atomic mass is 32.1. The summed E-state index contributed by atoms with van der Waals surface area (Å²) in [5.41, 5.74) is 0.200. The summed E-state index contributed by atoms with van der Waals surface area (Å²) in [5, 5.41) is 10.8. The summed E-state index contributed by atoms with van der Waals surface area (Å²) >= 11 is 1.28. The fraction of sp³-hybridized carbons (Fsp3) is 0.214. The molecule has 108 valence electrons. The lowest BCUT2D eigenvalue weighted by Crippen LogP contribution is -1.99. The molecule has 0 radical (unpaired) electrons. The lowest BCUT2D eigenvalue weighted by Gasteiger charge is -2.04. The van der Waals surface area contributed by atoms with Crippen LogP contribution in [0.3, 0.4) is 0 Å². The van der Waals surface area contributed by atoms with Crippen LogP contribution in [0.25, 0.3) is 0 Å². The van der Waals surface area contributed by atoms with Gasteiger partial charge in [-0.15, -0.1) is 11.3 Å². The first kappa shape index (κ1) is 13.9. The van der Waals surface area contributed by atoms with Crippen molar-refractivity contribution in [3.63, 3.8) is 0 Å². The minimum absolute atomic E-state index is 0.0971. The van der Waals surface area contributed by atoms with E-state index < -0.39 is 11.2 Å². The highest BCUT2D eigenvalue weighted by molar-refractivity contribution is 7.14. The van der Waals surface area contributed by atoms with Gasteiger partial charge < -0.3 is 9.47 Å². The number of benzene rings is 1. The van der Waals surface area contributed by atoms with Crippen LogP contribution in [-0.4, -0.2) is 23.9 Å². The van der Waals surface area contributed by atoms with Crippen molar-refractivity contribution in [1.29, 1.82) is 0 Å². The molecule has 0 unspecified atom stereocenters. The first-order valence-electron chi connectivity index (χ1n) is 6.27. The molecule has 0 amide bonds. The van der Waals surface area contributed by atoms with E-state index in [1.54, 1.807) is 18.2 Å². The Labute approximate surface area is 124 Å². The summed E-state index contributed by atoms with van der Waals surface area (Å²) < 4.78 is 10.8. The molecule has 6 nitrogen and oxygen atoms in total. The number of ether oxygens (including phenoxy) is 2. The number of non-ortho nitro benzene ring substituents is 1. The molecule has 1 aromatic carbocycles. The van der Waals surface area contributed by atoms with Crippen LogP contribution in [0.4, 0.5) is 5.69 Å². The summed E-state index contributed by atoms with van der Waals surface area (Å²) in [6.07, 6.45) is -0.415. The lowest BCUT2D eigenvalue weighted by atomic mass is 10.1. The molecule has 21 heavy (non-hydrogen) atoms. The fourth-order valence-electron chi connectivity index (χ4n) is 2.03. The van der Waals surface area contributed by atoms with Crippen molar-refractivity contribution in [3.8, 4) is 0 Å². The number of hydrogen-bond acceptors (Lipinski definition) is 6. The standard InChI is InChI=1S/C14H11NO5S/c16-13(9-2-1-3-10(8-9)15(17)18)11-4-5-12(21-11)14-19-6-7-20-14/h1-5,8,14H,6-7H2. The largest absolute Gasteiger partial charge is 0.345 e. The topological polar surface area (TPSA) is 78.7 Å². The van der Waals surface area contributed by atoms with Gasteiger partial charge in [-0.05, 0) is 12.1 Å². The van der Waals surface area contributed by atoms with Gasteiger partial charge in [-0.25, -0.2) is 0 Å². The summed E-state index contributed by atoms with van der Waals surface area (Å²) in [6.45, 7) is 1.08. The van der Waals surface area contributed by atoms with Crippen LogP contribution in [0.5, 0.6) is 0 Å². The van der Waals surface area contributed by atoms with Gasteiger partial charge in [-0.2, -0.15) is 0 Å². The number of nitrogens with zero attached hydrogens (tertiary/aromatic N) is 1. The minimum atomic E-state index is -0.517. The molecule has 0 atom stereocenters. The van der Waals surface area contributed by atoms with Gasteiger partial charge in [0, 0.05) is 17.7 Å². The summed E-state index contributed by atoms with van der Waals surface area (Å²) in [6, 6.07) is 9.18. The van der Waals surface area contributed by atoms with Crippen LogP contribution in [0, 0.1) is 10.1 Å². The van der Waals surface area contributed by atoms with E-state index in [-0.39, 0.29) is 11.5 Å². The Morgan fingerprint density at radius 3 is 2.71 bits per heavy atom. The molecule has 1 fully saturated rings. The van der Waals surface area contributed by atoms with E-state index in [1.165, 1.54) is 29.5 Å². The molecular formula is C14H11NO5S. The molecule has 0 N–H and O–H groups in total. The zero-order valence-electron chi connectivity index (χ0n) is 10.9. The molecule has 0 saturated carbocycles. The third-order valence-electron chi connectivity index (χ3n) is 3.02. The second-order valence-electron chi connectivity index (χ2n) is 4.41. The monoisotopic (exact) mass is 305 g/mol. The zero-order chi connectivity index (χ0) is 14.8. The van der Waals surface area contributed by atoms with Gasteiger partial charge in [0.1, 0.15) is 0 Å². The quantitative estimate of drug-likeness (QED) is 0.493. The van der Waals surface area contributed by atoms with E-state index in [4.69, 9.17) is 9.47 Å². The number of rotatable bonds is 4. The van der Waals surface area contributed by atoms with Gasteiger partial charge in [0.25, 0.3) is 5.69 Å². The van der Waals surface area contributed by atoms with Crippen molar-refractivity contribution in [2.75, 3.05) is 13.2 Å². The van der Waals surface area contributed by atoms with Crippen LogP contribution < -0.4 is 0 Å². The molecule has 2 heterocycles. The Hall–Kier alpha value is -2.09. The minimum Gasteiger partial charge on any atom is -0.345 e. The Bertz CT molecular complexity index is 690. The van der Waals surface area contributed by atoms with Crippen LogP contribution >= 0.6 is 11.3 Å². The van der Waals surface area contributed by atoms with E-state index in [1.807, 2.05) is 0 Å². The van der Waals surface area contributed by atoms with E-state index in [0.717, 1.165) is 4.88 Å². The zero-order valence-corrected chi connectivity index (χ0v) is 11.7. The van der Waals surface area contributed by atoms with Crippen molar-refractivity contribution >= 4 is 22.8 Å². The number of nitro groups is 1. The SMILES string of the molecule is O=C(c1cccc([N+](=O)[O-])c1)c1ccc(C2OCCO2)s1. The Kier molecular flexibility index (Phi) is 3.78. The lowest BCUT2D eigenvalue weighted by molar-refractivity contribution is -0.384. The third kappa shape index (κ3) is 2.85. The smallest absolute Gasteiger partial charge is 0.270 e. The van der Waals surface area contributed by atoms with Gasteiger partial charge in [-0.3, -0.25) is 14.9 Å². The van der Waals surface area contributed by atoms with Gasteiger partial charge in [0.05, 0.1) is 27.9 Å². The second-order valence-corrected chi connectivity index (χ2v) is 5.53. The predicted octanol–water partition coefficient (Wildman–Crippen LogP) is 2.93. The molecule has 0 bridgehead atoms. The normalized spacial score (nSPS) is 15.2. The van der Waals surface area contributed by atoms with Gasteiger partial charge in [0.15, 0.2) is 6.29 Å². The molecule has 1 aliphatic heterocycles. The summed E-state index contributed by atoms with van der Waals surface area (Å²) in [5.74, 6) is -0.243. The molecule has 2 aromatic rings. The first-order valence-corrected chi connectivity index (χ1v) is 7.09. The van der Waals surface area contributed by atoms with Crippen molar-refractivity contribution < 1.29 is 19.2 Å². The molecular weight excluding hydrogens is 294 g/mol. The average molecular weight is 305 g/mol. The van der Waals surface area contributed by atoms with E-state index >= 15 is 0 Å². The van der Waals surface area contributed by atoms with Crippen LogP contribution in [0.15, 0.2) is 36.4 Å². The van der Waals surface area contributed by atoms with Gasteiger partial charge in [-0.1, -0.05) is 12.1 Å². The van der Waals surface area contributed by atoms with Gasteiger partial charge in [0.2, 0.25) is 5.78 Å². The van der Waals surface area contributed by atoms with Gasteiger partial charge >= 0.3 is 0 Å². The maximum Gasteiger partial charge on any atom is 0.270 e. The summed E-state index contributed by atoms with van der Waals surface area (Å²) in [4.78, 5) is 23.9. The molecule has 0 spiro atoms. The van der Waals surface area contributed by atoms with E-state index in [9.17, 15) is 14.9 Å². The van der Waals surface area contributed by atoms with Crippen LogP contribution in [0.1, 0.15) is 26.4 Å². The highest BCUT2D eigenvalue weighted by Gasteiger charge is 2.22. The highest BCUT2D eigenvalue weighted by Crippen LogP contribution is 2.31. The maximum atomic E-state index is 12.4. The van der Waals surface area contributed by atoms with Crippen molar-refractivity contribution in [3.05, 3.63) is 61.8 Å². The number of carbonyl (C=O) groups excluding carboxylic acids is 1. The Morgan fingerprint density at radius 2 is 2.00 bits per heavy atom. The molecule has 1 aliphatic rings. The molecule has 7 heteroatoms. The molecule has 3 rings (SSSR count). The second kappa shape index (κ2) is 5.72. The molecule has 1 saturated heterocycles. The molecule has 1 aromatic heterocycles. The number of ketones is 1. The van der Waals surface area contributed by atoms with Crippen molar-refractivity contribution in [2.24, 2.45) is 0 Å². The Morgan fingerprint density at radius 1 is 1.24 bits per heavy atom. The number of carbonyl (C=O) groups is 1. The first-order chi connectivity index (χ1) is 10.1. The number of hydrogen-bond donors (Lipinski definition) is 0. The third-order valence-corrected chi connectivity index (χ3v) is 4.13.